The van der Waals surface area contributed by atoms with Gasteiger partial charge in [-0.25, -0.2) is 0 Å². The van der Waals surface area contributed by atoms with E-state index in [1.165, 1.54) is 0 Å². The van der Waals surface area contributed by atoms with Gasteiger partial charge in [0.15, 0.2) is 0 Å². The van der Waals surface area contributed by atoms with Crippen molar-refractivity contribution in [1.82, 2.24) is 10.3 Å². The third-order valence-electron chi connectivity index (χ3n) is 1.56. The normalized spacial score (nSPS) is 10.3. The van der Waals surface area contributed by atoms with Gasteiger partial charge in [0.25, 0.3) is 0 Å². The Kier molecular flexibility index (Phi) is 1.30. The lowest BCUT2D eigenvalue weighted by molar-refractivity contribution is -0.679. The molecule has 0 atom stereocenters. The van der Waals surface area contributed by atoms with Crippen molar-refractivity contribution in [3.8, 4) is 5.88 Å². The Morgan fingerprint density at radius 1 is 1.33 bits per heavy atom. The fourth-order valence-electron chi connectivity index (χ4n) is 0.984. The Hall–Kier alpha value is -1.91. The van der Waals surface area contributed by atoms with Crippen molar-refractivity contribution in [3.05, 3.63) is 29.5 Å². The molecular weight excluding hydrogens is 158 g/mol. The smallest absolute Gasteiger partial charge is 0.318 e. The van der Waals surface area contributed by atoms with E-state index < -0.39 is 5.88 Å². The summed E-state index contributed by atoms with van der Waals surface area (Å²) in [4.78, 5) is 0.0856. The Labute approximate surface area is 67.5 Å². The summed E-state index contributed by atoms with van der Waals surface area (Å²) in [5.74, 6) is -0.416. The molecule has 1 aromatic heterocycles. The van der Waals surface area contributed by atoms with Crippen molar-refractivity contribution in [2.24, 2.45) is 0 Å². The van der Waals surface area contributed by atoms with E-state index in [2.05, 4.69) is 10.3 Å². The van der Waals surface area contributed by atoms with Crippen LogP contribution >= 0.6 is 0 Å². The molecule has 0 saturated heterocycles. The monoisotopic (exact) mass is 163 g/mol. The summed E-state index contributed by atoms with van der Waals surface area (Å²) in [5.41, 5.74) is 0.502. The van der Waals surface area contributed by atoms with Crippen molar-refractivity contribution in [3.63, 3.8) is 0 Å². The first-order valence-corrected chi connectivity index (χ1v) is 3.33. The molecule has 0 aliphatic rings. The number of rotatable bonds is 0. The first-order valence-electron chi connectivity index (χ1n) is 3.33. The van der Waals surface area contributed by atoms with Gasteiger partial charge < -0.3 is 10.3 Å². The zero-order valence-corrected chi connectivity index (χ0v) is 6.01. The lowest BCUT2D eigenvalue weighted by Crippen LogP contribution is -2.32. The summed E-state index contributed by atoms with van der Waals surface area (Å²) in [7, 11) is 0. The zero-order chi connectivity index (χ0) is 8.55. The van der Waals surface area contributed by atoms with Gasteiger partial charge in [-0.15, -0.1) is 0 Å². The van der Waals surface area contributed by atoms with Crippen LogP contribution in [0.4, 0.5) is 0 Å². The SMILES string of the molecule is [O-][n+]1nnc2ccccc2c1O. The first-order chi connectivity index (χ1) is 5.79. The largest absolute Gasteiger partial charge is 0.688 e. The van der Waals surface area contributed by atoms with Crippen LogP contribution in [0.5, 0.6) is 5.88 Å². The molecule has 0 saturated carbocycles. The van der Waals surface area contributed by atoms with E-state index in [0.717, 1.165) is 0 Å². The maximum Gasteiger partial charge on any atom is 0.318 e. The van der Waals surface area contributed by atoms with Gasteiger partial charge in [0.05, 0.1) is 5.10 Å². The van der Waals surface area contributed by atoms with Gasteiger partial charge >= 0.3 is 5.88 Å². The second-order valence-corrected chi connectivity index (χ2v) is 2.30. The van der Waals surface area contributed by atoms with Crippen LogP contribution in [0, 0.1) is 5.21 Å². The van der Waals surface area contributed by atoms with E-state index in [-0.39, 0.29) is 4.85 Å². The summed E-state index contributed by atoms with van der Waals surface area (Å²) in [6.45, 7) is 0. The summed E-state index contributed by atoms with van der Waals surface area (Å²) in [5, 5.41) is 27.1. The molecule has 0 spiro atoms. The van der Waals surface area contributed by atoms with E-state index in [0.29, 0.717) is 10.9 Å². The van der Waals surface area contributed by atoms with E-state index in [9.17, 15) is 10.3 Å². The molecule has 2 rings (SSSR count). The van der Waals surface area contributed by atoms with Crippen molar-refractivity contribution in [1.29, 1.82) is 0 Å². The van der Waals surface area contributed by atoms with Crippen molar-refractivity contribution in [2.45, 2.75) is 0 Å². The van der Waals surface area contributed by atoms with Crippen LogP contribution < -0.4 is 4.85 Å². The highest BCUT2D eigenvalue weighted by Gasteiger charge is 2.09. The third kappa shape index (κ3) is 0.833. The molecule has 12 heavy (non-hydrogen) atoms. The maximum atomic E-state index is 10.7. The minimum Gasteiger partial charge on any atom is -0.688 e. The quantitative estimate of drug-likeness (QED) is 0.437. The molecule has 0 amide bonds. The molecule has 2 aromatic rings. The number of aromatic hydroxyl groups is 1. The highest BCUT2D eigenvalue weighted by Crippen LogP contribution is 2.15. The number of hydrogen-bond acceptors (Lipinski definition) is 4. The standard InChI is InChI=1S/C7H5N3O2/c11-7-5-3-1-2-4-6(5)8-9-10(7)12/h1-4,11H. The number of benzene rings is 1. The molecule has 0 unspecified atom stereocenters. The minimum atomic E-state index is -0.416. The molecule has 0 aliphatic heterocycles. The number of aromatic nitrogens is 3. The maximum absolute atomic E-state index is 10.7. The van der Waals surface area contributed by atoms with E-state index in [1.807, 2.05) is 0 Å². The van der Waals surface area contributed by atoms with Crippen LogP contribution in [0.1, 0.15) is 0 Å². The van der Waals surface area contributed by atoms with Gasteiger partial charge in [-0.05, 0) is 12.1 Å². The van der Waals surface area contributed by atoms with Gasteiger partial charge in [0, 0.05) is 0 Å². The molecule has 0 fully saturated rings. The van der Waals surface area contributed by atoms with Gasteiger partial charge in [0.1, 0.15) is 10.6 Å². The van der Waals surface area contributed by atoms with Gasteiger partial charge in [-0.2, -0.15) is 0 Å². The molecule has 1 N–H and O–H groups in total. The van der Waals surface area contributed by atoms with Crippen LogP contribution in [-0.2, 0) is 0 Å². The summed E-state index contributed by atoms with van der Waals surface area (Å²) < 4.78 is 0. The highest BCUT2D eigenvalue weighted by atomic mass is 16.5. The molecule has 1 heterocycles. The minimum absolute atomic E-state index is 0.0856. The molecule has 5 heteroatoms. The fourth-order valence-corrected chi connectivity index (χ4v) is 0.984. The fraction of sp³-hybridized carbons (Fsp3) is 0. The van der Waals surface area contributed by atoms with Gasteiger partial charge in [0.2, 0.25) is 5.52 Å². The Morgan fingerprint density at radius 3 is 2.92 bits per heavy atom. The summed E-state index contributed by atoms with van der Waals surface area (Å²) in [6.07, 6.45) is 0. The number of hydrogen-bond donors (Lipinski definition) is 1. The van der Waals surface area contributed by atoms with Crippen LogP contribution in [-0.4, -0.2) is 15.4 Å². The average molecular weight is 163 g/mol. The van der Waals surface area contributed by atoms with Crippen LogP contribution in [0.3, 0.4) is 0 Å². The van der Waals surface area contributed by atoms with Crippen molar-refractivity contribution in [2.75, 3.05) is 0 Å². The Morgan fingerprint density at radius 2 is 2.08 bits per heavy atom. The molecule has 5 nitrogen and oxygen atoms in total. The Bertz CT molecular complexity index is 430. The molecule has 60 valence electrons. The van der Waals surface area contributed by atoms with Crippen LogP contribution in [0.2, 0.25) is 0 Å². The molecule has 0 aliphatic carbocycles. The van der Waals surface area contributed by atoms with Crippen LogP contribution in [0.25, 0.3) is 10.9 Å². The van der Waals surface area contributed by atoms with E-state index in [4.69, 9.17) is 0 Å². The molecule has 1 aromatic carbocycles. The molecule has 0 bridgehead atoms. The topological polar surface area (TPSA) is 73.0 Å². The van der Waals surface area contributed by atoms with Crippen molar-refractivity contribution >= 4 is 10.9 Å². The molecule has 0 radical (unpaired) electrons. The second kappa shape index (κ2) is 2.30. The highest BCUT2D eigenvalue weighted by molar-refractivity contribution is 5.81. The zero-order valence-electron chi connectivity index (χ0n) is 6.01. The molecular formula is C7H5N3O2. The second-order valence-electron chi connectivity index (χ2n) is 2.30. The predicted molar refractivity (Wildman–Crippen MR) is 40.2 cm³/mol. The summed E-state index contributed by atoms with van der Waals surface area (Å²) in [6, 6.07) is 6.74. The van der Waals surface area contributed by atoms with Crippen LogP contribution in [0.15, 0.2) is 24.3 Å². The van der Waals surface area contributed by atoms with Gasteiger partial charge in [-0.3, -0.25) is 0 Å². The third-order valence-corrected chi connectivity index (χ3v) is 1.56. The number of fused-ring (bicyclic) bond motifs is 1. The van der Waals surface area contributed by atoms with Gasteiger partial charge in [-0.1, -0.05) is 17.0 Å². The van der Waals surface area contributed by atoms with E-state index in [1.54, 1.807) is 24.3 Å². The Balaban J connectivity index is 2.91. The predicted octanol–water partition coefficient (Wildman–Crippen LogP) is -0.0312. The lowest BCUT2D eigenvalue weighted by atomic mass is 10.2. The lowest BCUT2D eigenvalue weighted by Gasteiger charge is -1.99. The van der Waals surface area contributed by atoms with E-state index >= 15 is 0 Å². The number of nitrogens with zero attached hydrogens (tertiary/aromatic N) is 3. The van der Waals surface area contributed by atoms with Crippen molar-refractivity contribution < 1.29 is 9.95 Å². The first kappa shape index (κ1) is 6.78. The summed E-state index contributed by atoms with van der Waals surface area (Å²) >= 11 is 0. The average Bonchev–Trinajstić information content (AvgIpc) is 2.12.